The Kier molecular flexibility index (Phi) is 7.59. The molecule has 0 aromatic heterocycles. The van der Waals surface area contributed by atoms with Gasteiger partial charge in [0.1, 0.15) is 10.5 Å². The molecule has 0 heterocycles. The third-order valence-corrected chi connectivity index (χ3v) is 3.87. The predicted molar refractivity (Wildman–Crippen MR) is 44.0 cm³/mol. The quantitative estimate of drug-likeness (QED) is 0.351. The van der Waals surface area contributed by atoms with Crippen molar-refractivity contribution in [2.45, 2.75) is 6.92 Å². The fourth-order valence-electron chi connectivity index (χ4n) is 0.296. The highest BCUT2D eigenvalue weighted by molar-refractivity contribution is 6.45. The van der Waals surface area contributed by atoms with Crippen molar-refractivity contribution < 1.29 is 8.23 Å². The van der Waals surface area contributed by atoms with Crippen LogP contribution in [0.25, 0.3) is 0 Å². The molecule has 0 saturated carbocycles. The minimum absolute atomic E-state index is 0.321. The summed E-state index contributed by atoms with van der Waals surface area (Å²) in [5.41, 5.74) is 2.12. The van der Waals surface area contributed by atoms with Gasteiger partial charge in [-0.15, -0.1) is 0 Å². The Morgan fingerprint density at radius 2 is 2.38 bits per heavy atom. The lowest BCUT2D eigenvalue weighted by atomic mass is 10.8. The van der Waals surface area contributed by atoms with Gasteiger partial charge in [0.25, 0.3) is 10.0 Å². The molecule has 0 amide bonds. The normalized spacial score (nSPS) is 14.1. The summed E-state index contributed by atoms with van der Waals surface area (Å²) in [6, 6.07) is 0. The molecule has 0 aliphatic rings. The molecule has 0 unspecified atom stereocenters. The largest absolute Gasteiger partial charge is 0.449 e. The molecule has 2 nitrogen and oxygen atoms in total. The average molecular weight is 164 g/mol. The lowest BCUT2D eigenvalue weighted by molar-refractivity contribution is 0.507. The summed E-state index contributed by atoms with van der Waals surface area (Å²) in [6.07, 6.45) is 2.04. The van der Waals surface area contributed by atoms with E-state index in [1.54, 1.807) is 0 Å². The third-order valence-electron chi connectivity index (χ3n) is 0.651. The zero-order valence-electron chi connectivity index (χ0n) is 5.39. The van der Waals surface area contributed by atoms with E-state index in [2.05, 4.69) is 5.70 Å². The first kappa shape index (κ1) is 8.31. The van der Waals surface area contributed by atoms with Crippen molar-refractivity contribution in [2.75, 3.05) is 0 Å². The van der Waals surface area contributed by atoms with Gasteiger partial charge in [-0.05, 0) is 6.92 Å². The second-order valence-corrected chi connectivity index (χ2v) is 6.33. The van der Waals surface area contributed by atoms with E-state index in [0.29, 0.717) is 0 Å². The lowest BCUT2D eigenvalue weighted by Crippen LogP contribution is -2.04. The zero-order valence-corrected chi connectivity index (χ0v) is 10.2. The summed E-state index contributed by atoms with van der Waals surface area (Å²) in [4.78, 5) is 0. The van der Waals surface area contributed by atoms with Crippen LogP contribution in [-0.2, 0) is 8.23 Å². The Morgan fingerprint density at radius 1 is 1.62 bits per heavy atom. The van der Waals surface area contributed by atoms with Crippen molar-refractivity contribution >= 4 is 30.3 Å². The smallest absolute Gasteiger partial charge is 0.283 e. The molecule has 0 bridgehead atoms. The number of allylic oxidation sites excluding steroid dienone is 1. The first-order chi connectivity index (χ1) is 3.91. The van der Waals surface area contributed by atoms with E-state index in [1.165, 1.54) is 0 Å². The van der Waals surface area contributed by atoms with Crippen molar-refractivity contribution in [3.8, 4) is 0 Å². The van der Waals surface area contributed by atoms with Crippen LogP contribution in [0.15, 0.2) is 11.8 Å². The van der Waals surface area contributed by atoms with E-state index in [9.17, 15) is 0 Å². The highest BCUT2D eigenvalue weighted by atomic mass is 28.3. The zero-order chi connectivity index (χ0) is 6.24. The van der Waals surface area contributed by atoms with Gasteiger partial charge in [-0.2, -0.15) is 0 Å². The van der Waals surface area contributed by atoms with Crippen LogP contribution in [0.5, 0.6) is 0 Å². The van der Waals surface area contributed by atoms with Crippen molar-refractivity contribution in [1.82, 2.24) is 0 Å². The Morgan fingerprint density at radius 3 is 2.88 bits per heavy atom. The molecule has 0 atom stereocenters. The van der Waals surface area contributed by atoms with Crippen LogP contribution in [-0.4, -0.2) is 30.3 Å². The summed E-state index contributed by atoms with van der Waals surface area (Å²) >= 11 is 0. The molecule has 5 heteroatoms. The molecule has 0 N–H and O–H groups in total. The van der Waals surface area contributed by atoms with Crippen LogP contribution in [0.3, 0.4) is 0 Å². The highest BCUT2D eigenvalue weighted by Crippen LogP contribution is 1.69. The molecular formula is C3H12O2Si3. The first-order valence-corrected chi connectivity index (χ1v) is 5.96. The van der Waals surface area contributed by atoms with Crippen molar-refractivity contribution in [3.05, 3.63) is 11.8 Å². The minimum atomic E-state index is -0.526. The van der Waals surface area contributed by atoms with Gasteiger partial charge in [0.2, 0.25) is 0 Å². The van der Waals surface area contributed by atoms with Gasteiger partial charge in [-0.3, -0.25) is 0 Å². The van der Waals surface area contributed by atoms with E-state index in [-0.39, 0.29) is 9.76 Å². The molecule has 0 radical (unpaired) electrons. The van der Waals surface area contributed by atoms with E-state index in [1.807, 2.05) is 13.0 Å². The molecule has 0 aromatic carbocycles. The van der Waals surface area contributed by atoms with Crippen LogP contribution in [0.2, 0.25) is 0 Å². The molecule has 8 heavy (non-hydrogen) atoms. The van der Waals surface area contributed by atoms with Gasteiger partial charge in [-0.25, -0.2) is 0 Å². The topological polar surface area (TPSA) is 18.5 Å². The van der Waals surface area contributed by atoms with Gasteiger partial charge in [0.05, 0.1) is 0 Å². The molecule has 0 aromatic rings. The van der Waals surface area contributed by atoms with Gasteiger partial charge < -0.3 is 8.23 Å². The molecule has 0 aliphatic heterocycles. The fourth-order valence-corrected chi connectivity index (χ4v) is 3.58. The molecule has 0 fully saturated rings. The minimum Gasteiger partial charge on any atom is -0.449 e. The Labute approximate surface area is 57.8 Å². The maximum Gasteiger partial charge on any atom is 0.283 e. The fraction of sp³-hybridized carbons (Fsp3) is 0.333. The third kappa shape index (κ3) is 6.31. The average Bonchev–Trinajstić information content (AvgIpc) is 1.81. The van der Waals surface area contributed by atoms with Gasteiger partial charge in [0, 0.05) is 0 Å². The standard InChI is InChI=1S/C3H12O2Si3/c1-2-3-7-5-8-4-6/h2-3H,7-8H2,1,6H3. The monoisotopic (exact) mass is 164 g/mol. The maximum atomic E-state index is 5.23. The molecule has 0 spiro atoms. The van der Waals surface area contributed by atoms with Crippen LogP contribution >= 0.6 is 0 Å². The maximum absolute atomic E-state index is 5.23. The van der Waals surface area contributed by atoms with Crippen LogP contribution < -0.4 is 0 Å². The molecular weight excluding hydrogens is 152 g/mol. The summed E-state index contributed by atoms with van der Waals surface area (Å²) < 4.78 is 10.2. The Bertz CT molecular complexity index is 65.5. The summed E-state index contributed by atoms with van der Waals surface area (Å²) in [6.45, 7) is 2.01. The molecule has 0 rings (SSSR count). The second kappa shape index (κ2) is 7.31. The number of rotatable bonds is 4. The number of hydrogen-bond acceptors (Lipinski definition) is 2. The molecule has 0 aliphatic carbocycles. The van der Waals surface area contributed by atoms with E-state index in [0.717, 1.165) is 10.5 Å². The lowest BCUT2D eigenvalue weighted by Gasteiger charge is -1.94. The Balaban J connectivity index is 2.72. The van der Waals surface area contributed by atoms with Gasteiger partial charge in [-0.1, -0.05) is 11.8 Å². The van der Waals surface area contributed by atoms with Crippen LogP contribution in [0.4, 0.5) is 0 Å². The summed E-state index contributed by atoms with van der Waals surface area (Å²) in [5, 5.41) is 0. The van der Waals surface area contributed by atoms with Crippen LogP contribution in [0.1, 0.15) is 6.92 Å². The van der Waals surface area contributed by atoms with Crippen molar-refractivity contribution in [3.63, 3.8) is 0 Å². The first-order valence-electron chi connectivity index (χ1n) is 2.59. The Hall–Kier alpha value is 0.311. The molecule has 0 saturated heterocycles. The van der Waals surface area contributed by atoms with Crippen LogP contribution in [0, 0.1) is 0 Å². The van der Waals surface area contributed by atoms with E-state index in [4.69, 9.17) is 8.23 Å². The van der Waals surface area contributed by atoms with E-state index < -0.39 is 10.0 Å². The highest BCUT2D eigenvalue weighted by Gasteiger charge is 1.78. The second-order valence-electron chi connectivity index (χ2n) is 1.35. The van der Waals surface area contributed by atoms with Gasteiger partial charge in [0.15, 0.2) is 9.76 Å². The summed E-state index contributed by atoms with van der Waals surface area (Å²) in [5.74, 6) is 0. The SMILES string of the molecule is CC=C[SiH2]O[SiH2]O[SiH3]. The molecule has 48 valence electrons. The van der Waals surface area contributed by atoms with E-state index >= 15 is 0 Å². The summed E-state index contributed by atoms with van der Waals surface area (Å²) in [7, 11) is -0.00553. The number of hydrogen-bond donors (Lipinski definition) is 0. The van der Waals surface area contributed by atoms with Gasteiger partial charge >= 0.3 is 0 Å². The van der Waals surface area contributed by atoms with Crippen molar-refractivity contribution in [1.29, 1.82) is 0 Å². The van der Waals surface area contributed by atoms with Crippen molar-refractivity contribution in [2.24, 2.45) is 0 Å². The predicted octanol–water partition coefficient (Wildman–Crippen LogP) is -2.08.